The van der Waals surface area contributed by atoms with Crippen LogP contribution in [0.5, 0.6) is 0 Å². The maximum atomic E-state index is 12.9. The number of carbonyl (C=O) groups excluding carboxylic acids is 2. The first kappa shape index (κ1) is 20.0. The lowest BCUT2D eigenvalue weighted by molar-refractivity contribution is -0.133. The van der Waals surface area contributed by atoms with Gasteiger partial charge >= 0.3 is 0 Å². The number of hydrogen-bond acceptors (Lipinski definition) is 2. The van der Waals surface area contributed by atoms with E-state index in [0.29, 0.717) is 17.1 Å². The van der Waals surface area contributed by atoms with Crippen LogP contribution in [0.4, 0.5) is 0 Å². The molecule has 1 atom stereocenters. The first-order chi connectivity index (χ1) is 12.3. The molecule has 0 aromatic heterocycles. The number of halogens is 1. The summed E-state index contributed by atoms with van der Waals surface area (Å²) in [5, 5.41) is 3.54. The lowest BCUT2D eigenvalue weighted by atomic mass is 10.0. The van der Waals surface area contributed by atoms with Crippen molar-refractivity contribution >= 4 is 23.4 Å². The Bertz CT molecular complexity index is 755. The molecule has 0 heterocycles. The minimum atomic E-state index is -0.582. The standard InChI is InChI=1S/C21H25ClN2O2/c1-14(2)19(23-20(25)17-9-5-15(3)6-10-17)21(26)24(4)13-16-7-11-18(22)12-8-16/h5-12,14,19H,13H2,1-4H3,(H,23,25)/t19-/m0/s1. The molecule has 2 aromatic carbocycles. The van der Waals surface area contributed by atoms with E-state index < -0.39 is 6.04 Å². The molecule has 2 rings (SSSR count). The van der Waals surface area contributed by atoms with E-state index in [1.54, 1.807) is 36.2 Å². The summed E-state index contributed by atoms with van der Waals surface area (Å²) in [5.41, 5.74) is 2.62. The molecule has 2 aromatic rings. The molecule has 0 spiro atoms. The van der Waals surface area contributed by atoms with Gasteiger partial charge in [-0.3, -0.25) is 9.59 Å². The molecule has 0 aliphatic rings. The molecule has 0 saturated heterocycles. The molecule has 0 radical (unpaired) electrons. The number of amides is 2. The van der Waals surface area contributed by atoms with Gasteiger partial charge in [-0.05, 0) is 42.7 Å². The zero-order valence-electron chi connectivity index (χ0n) is 15.6. The van der Waals surface area contributed by atoms with E-state index in [1.165, 1.54) is 0 Å². The molecule has 0 aliphatic carbocycles. The van der Waals surface area contributed by atoms with Crippen molar-refractivity contribution in [1.29, 1.82) is 0 Å². The van der Waals surface area contributed by atoms with Crippen LogP contribution in [0.15, 0.2) is 48.5 Å². The van der Waals surface area contributed by atoms with Gasteiger partial charge in [-0.1, -0.05) is 55.3 Å². The van der Waals surface area contributed by atoms with Gasteiger partial charge in [0.2, 0.25) is 5.91 Å². The lowest BCUT2D eigenvalue weighted by Gasteiger charge is -2.27. The predicted octanol–water partition coefficient (Wildman–Crippen LogP) is 4.06. The second-order valence-corrected chi connectivity index (χ2v) is 7.32. The minimum Gasteiger partial charge on any atom is -0.340 e. The van der Waals surface area contributed by atoms with Crippen LogP contribution in [0.3, 0.4) is 0 Å². The number of carbonyl (C=O) groups is 2. The van der Waals surface area contributed by atoms with Gasteiger partial charge in [0.1, 0.15) is 6.04 Å². The van der Waals surface area contributed by atoms with Crippen molar-refractivity contribution in [3.05, 3.63) is 70.2 Å². The number of nitrogens with one attached hydrogen (secondary N) is 1. The minimum absolute atomic E-state index is 0.0235. The number of hydrogen-bond donors (Lipinski definition) is 1. The SMILES string of the molecule is Cc1ccc(C(=O)N[C@H](C(=O)N(C)Cc2ccc(Cl)cc2)C(C)C)cc1. The molecule has 138 valence electrons. The Balaban J connectivity index is 2.07. The molecule has 0 aliphatic heterocycles. The Kier molecular flexibility index (Phi) is 6.81. The second-order valence-electron chi connectivity index (χ2n) is 6.88. The quantitative estimate of drug-likeness (QED) is 0.831. The van der Waals surface area contributed by atoms with E-state index in [1.807, 2.05) is 45.0 Å². The van der Waals surface area contributed by atoms with Crippen LogP contribution in [0.1, 0.15) is 35.3 Å². The second kappa shape index (κ2) is 8.86. The third kappa shape index (κ3) is 5.33. The molecular formula is C21H25ClN2O2. The fourth-order valence-electron chi connectivity index (χ4n) is 2.62. The largest absolute Gasteiger partial charge is 0.340 e. The molecule has 26 heavy (non-hydrogen) atoms. The Hall–Kier alpha value is -2.33. The predicted molar refractivity (Wildman–Crippen MR) is 105 cm³/mol. The normalized spacial score (nSPS) is 11.9. The lowest BCUT2D eigenvalue weighted by Crippen LogP contribution is -2.50. The molecule has 0 unspecified atom stereocenters. The number of benzene rings is 2. The van der Waals surface area contributed by atoms with Crippen LogP contribution in [-0.4, -0.2) is 29.8 Å². The topological polar surface area (TPSA) is 49.4 Å². The molecule has 0 bridgehead atoms. The molecule has 0 saturated carbocycles. The number of rotatable bonds is 6. The highest BCUT2D eigenvalue weighted by Crippen LogP contribution is 2.13. The highest BCUT2D eigenvalue weighted by molar-refractivity contribution is 6.30. The maximum absolute atomic E-state index is 12.9. The zero-order chi connectivity index (χ0) is 19.3. The number of nitrogens with zero attached hydrogens (tertiary/aromatic N) is 1. The van der Waals surface area contributed by atoms with E-state index in [4.69, 9.17) is 11.6 Å². The molecule has 2 amide bonds. The molecule has 4 nitrogen and oxygen atoms in total. The average Bonchev–Trinajstić information content (AvgIpc) is 2.61. The van der Waals surface area contributed by atoms with E-state index in [9.17, 15) is 9.59 Å². The van der Waals surface area contributed by atoms with Crippen LogP contribution in [0, 0.1) is 12.8 Å². The first-order valence-electron chi connectivity index (χ1n) is 8.65. The van der Waals surface area contributed by atoms with Crippen molar-refractivity contribution in [1.82, 2.24) is 10.2 Å². The Morgan fingerprint density at radius 1 is 1.04 bits per heavy atom. The van der Waals surface area contributed by atoms with E-state index in [0.717, 1.165) is 11.1 Å². The Morgan fingerprint density at radius 2 is 1.62 bits per heavy atom. The van der Waals surface area contributed by atoms with Gasteiger partial charge in [0, 0.05) is 24.2 Å². The highest BCUT2D eigenvalue weighted by Gasteiger charge is 2.27. The van der Waals surface area contributed by atoms with Crippen LogP contribution in [-0.2, 0) is 11.3 Å². The van der Waals surface area contributed by atoms with Crippen molar-refractivity contribution in [3.63, 3.8) is 0 Å². The summed E-state index contributed by atoms with van der Waals surface area (Å²) >= 11 is 5.90. The Labute approximate surface area is 160 Å². The van der Waals surface area contributed by atoms with E-state index in [-0.39, 0.29) is 17.7 Å². The highest BCUT2D eigenvalue weighted by atomic mass is 35.5. The van der Waals surface area contributed by atoms with Gasteiger partial charge in [0.05, 0.1) is 0 Å². The smallest absolute Gasteiger partial charge is 0.251 e. The number of likely N-dealkylation sites (N-methyl/N-ethyl adjacent to an activating group) is 1. The van der Waals surface area contributed by atoms with Crippen molar-refractivity contribution in [2.75, 3.05) is 7.05 Å². The summed E-state index contributed by atoms with van der Waals surface area (Å²) in [6.45, 7) is 6.27. The molecule has 0 fully saturated rings. The van der Waals surface area contributed by atoms with Crippen LogP contribution in [0.25, 0.3) is 0 Å². The monoisotopic (exact) mass is 372 g/mol. The van der Waals surface area contributed by atoms with Gasteiger partial charge in [-0.25, -0.2) is 0 Å². The first-order valence-corrected chi connectivity index (χ1v) is 9.02. The molecular weight excluding hydrogens is 348 g/mol. The van der Waals surface area contributed by atoms with Crippen LogP contribution in [0.2, 0.25) is 5.02 Å². The fourth-order valence-corrected chi connectivity index (χ4v) is 2.75. The summed E-state index contributed by atoms with van der Waals surface area (Å²) < 4.78 is 0. The van der Waals surface area contributed by atoms with Crippen LogP contribution >= 0.6 is 11.6 Å². The summed E-state index contributed by atoms with van der Waals surface area (Å²) in [6.07, 6.45) is 0. The Morgan fingerprint density at radius 3 is 2.15 bits per heavy atom. The summed E-state index contributed by atoms with van der Waals surface area (Å²) in [6, 6.07) is 14.1. The van der Waals surface area contributed by atoms with E-state index >= 15 is 0 Å². The van der Waals surface area contributed by atoms with Crippen molar-refractivity contribution in [2.45, 2.75) is 33.4 Å². The molecule has 5 heteroatoms. The molecule has 1 N–H and O–H groups in total. The van der Waals surface area contributed by atoms with Crippen LogP contribution < -0.4 is 5.32 Å². The van der Waals surface area contributed by atoms with Gasteiger partial charge in [-0.15, -0.1) is 0 Å². The third-order valence-corrected chi connectivity index (χ3v) is 4.49. The average molecular weight is 373 g/mol. The number of aryl methyl sites for hydroxylation is 1. The van der Waals surface area contributed by atoms with Crippen molar-refractivity contribution in [2.24, 2.45) is 5.92 Å². The summed E-state index contributed by atoms with van der Waals surface area (Å²) in [5.74, 6) is -0.378. The fraction of sp³-hybridized carbons (Fsp3) is 0.333. The zero-order valence-corrected chi connectivity index (χ0v) is 16.4. The summed E-state index contributed by atoms with van der Waals surface area (Å²) in [4.78, 5) is 27.0. The summed E-state index contributed by atoms with van der Waals surface area (Å²) in [7, 11) is 1.74. The van der Waals surface area contributed by atoms with Crippen molar-refractivity contribution < 1.29 is 9.59 Å². The van der Waals surface area contributed by atoms with Gasteiger partial charge in [0.25, 0.3) is 5.91 Å². The maximum Gasteiger partial charge on any atom is 0.251 e. The van der Waals surface area contributed by atoms with Gasteiger partial charge in [-0.2, -0.15) is 0 Å². The van der Waals surface area contributed by atoms with Gasteiger partial charge < -0.3 is 10.2 Å². The van der Waals surface area contributed by atoms with E-state index in [2.05, 4.69) is 5.32 Å². The van der Waals surface area contributed by atoms with Crippen molar-refractivity contribution in [3.8, 4) is 0 Å². The van der Waals surface area contributed by atoms with Gasteiger partial charge in [0.15, 0.2) is 0 Å². The third-order valence-electron chi connectivity index (χ3n) is 4.24.